The molecule has 0 saturated heterocycles. The van der Waals surface area contributed by atoms with Crippen molar-refractivity contribution in [1.82, 2.24) is 19.4 Å². The number of pyridine rings is 1. The van der Waals surface area contributed by atoms with E-state index in [0.29, 0.717) is 40.6 Å². The summed E-state index contributed by atoms with van der Waals surface area (Å²) in [6, 6.07) is 6.48. The highest BCUT2D eigenvalue weighted by atomic mass is 32.2. The van der Waals surface area contributed by atoms with Gasteiger partial charge in [0, 0.05) is 35.3 Å². The molecule has 3 aromatic rings. The molecule has 2 saturated carbocycles. The van der Waals surface area contributed by atoms with Gasteiger partial charge < -0.3 is 10.2 Å². The van der Waals surface area contributed by atoms with Gasteiger partial charge in [0.25, 0.3) is 5.56 Å². The van der Waals surface area contributed by atoms with Crippen LogP contribution in [0, 0.1) is 11.2 Å². The van der Waals surface area contributed by atoms with Crippen LogP contribution >= 0.6 is 0 Å². The van der Waals surface area contributed by atoms with Crippen LogP contribution in [0.15, 0.2) is 35.3 Å². The molecule has 0 atom stereocenters. The van der Waals surface area contributed by atoms with Crippen molar-refractivity contribution in [3.63, 3.8) is 0 Å². The Morgan fingerprint density at radius 3 is 2.46 bits per heavy atom. The molecule has 9 nitrogen and oxygen atoms in total. The number of sulfonamides is 1. The van der Waals surface area contributed by atoms with E-state index >= 15 is 4.39 Å². The molecule has 0 radical (unpaired) electrons. The summed E-state index contributed by atoms with van der Waals surface area (Å²) in [5.74, 6) is -0.298. The molecule has 2 heterocycles. The Hall–Kier alpha value is -3.05. The minimum atomic E-state index is -3.68. The first-order valence-corrected chi connectivity index (χ1v) is 16.1. The number of hydrogen-bond donors (Lipinski definition) is 2. The number of halogens is 1. The zero-order valence-electron chi connectivity index (χ0n) is 24.6. The lowest BCUT2D eigenvalue weighted by molar-refractivity contribution is 0.221. The van der Waals surface area contributed by atoms with Crippen LogP contribution in [0.5, 0.6) is 0 Å². The van der Waals surface area contributed by atoms with Crippen LogP contribution in [0.4, 0.5) is 16.0 Å². The number of rotatable bonds is 10. The van der Waals surface area contributed by atoms with Crippen LogP contribution in [-0.4, -0.2) is 59.8 Å². The Balaban J connectivity index is 1.39. The molecule has 2 aliphatic carbocycles. The number of nitrogens with one attached hydrogen (secondary N) is 2. The Bertz CT molecular complexity index is 1590. The number of hydrogen-bond acceptors (Lipinski definition) is 7. The second kappa shape index (κ2) is 11.3. The van der Waals surface area contributed by atoms with E-state index in [1.807, 2.05) is 13.8 Å². The monoisotopic (exact) mass is 584 g/mol. The molecule has 41 heavy (non-hydrogen) atoms. The van der Waals surface area contributed by atoms with Crippen LogP contribution in [-0.2, 0) is 10.0 Å². The molecule has 2 aliphatic rings. The van der Waals surface area contributed by atoms with Gasteiger partial charge in [0.1, 0.15) is 11.5 Å². The standard InChI is InChI=1S/C30H41FN6O3S/c1-19(2)37-27-21(18-32-29(34-27)33-22-7-9-23(10-8-22)36(4)5)16-24(28(37)38)20-6-11-26(25(31)17-20)35-41(39,40)15-14-30(3)12-13-30/h6,11,16-19,22-23,35H,7-10,12-15H2,1-5H3,(H,32,33,34)/t22-,23-. The van der Waals surface area contributed by atoms with E-state index in [4.69, 9.17) is 4.98 Å². The summed E-state index contributed by atoms with van der Waals surface area (Å²) in [7, 11) is 0.548. The van der Waals surface area contributed by atoms with Gasteiger partial charge in [-0.3, -0.25) is 14.1 Å². The van der Waals surface area contributed by atoms with Crippen LogP contribution in [0.2, 0.25) is 0 Å². The van der Waals surface area contributed by atoms with E-state index in [2.05, 4.69) is 40.9 Å². The van der Waals surface area contributed by atoms with Crippen molar-refractivity contribution < 1.29 is 12.8 Å². The lowest BCUT2D eigenvalue weighted by Gasteiger charge is -2.33. The molecule has 2 fully saturated rings. The Morgan fingerprint density at radius 2 is 1.85 bits per heavy atom. The SMILES string of the molecule is CC(C)n1c(=O)c(-c2ccc(NS(=O)(=O)CCC3(C)CC3)c(F)c2)cc2cnc(N[C@H]3CC[C@H](N(C)C)CC3)nc21. The van der Waals surface area contributed by atoms with E-state index in [9.17, 15) is 13.2 Å². The normalized spacial score (nSPS) is 20.5. The van der Waals surface area contributed by atoms with Gasteiger partial charge in [-0.15, -0.1) is 0 Å². The van der Waals surface area contributed by atoms with Gasteiger partial charge in [0.15, 0.2) is 0 Å². The number of aromatic nitrogens is 3. The van der Waals surface area contributed by atoms with E-state index in [1.54, 1.807) is 22.9 Å². The summed E-state index contributed by atoms with van der Waals surface area (Å²) in [6.45, 7) is 5.87. The van der Waals surface area contributed by atoms with Crippen LogP contribution in [0.1, 0.15) is 71.8 Å². The molecule has 2 aromatic heterocycles. The summed E-state index contributed by atoms with van der Waals surface area (Å²) in [5.41, 5.74) is 0.828. The Kier molecular flexibility index (Phi) is 8.13. The zero-order chi connectivity index (χ0) is 29.5. The van der Waals surface area contributed by atoms with Crippen molar-refractivity contribution in [2.24, 2.45) is 5.41 Å². The summed E-state index contributed by atoms with van der Waals surface area (Å²) in [6.07, 6.45) is 8.54. The van der Waals surface area contributed by atoms with Crippen LogP contribution in [0.25, 0.3) is 22.2 Å². The number of nitrogens with zero attached hydrogens (tertiary/aromatic N) is 4. The molecular weight excluding hydrogens is 543 g/mol. The van der Waals surface area contributed by atoms with Crippen molar-refractivity contribution in [2.45, 2.75) is 83.8 Å². The topological polar surface area (TPSA) is 109 Å². The van der Waals surface area contributed by atoms with E-state index in [1.165, 1.54) is 12.1 Å². The van der Waals surface area contributed by atoms with Crippen LogP contribution < -0.4 is 15.6 Å². The maximum absolute atomic E-state index is 15.1. The first kappa shape index (κ1) is 29.4. The van der Waals surface area contributed by atoms with Gasteiger partial charge in [-0.05, 0) is 102 Å². The minimum absolute atomic E-state index is 0.0529. The average Bonchev–Trinajstić information content (AvgIpc) is 3.66. The number of anilines is 2. The van der Waals surface area contributed by atoms with Crippen LogP contribution in [0.3, 0.4) is 0 Å². The highest BCUT2D eigenvalue weighted by Gasteiger charge is 2.38. The van der Waals surface area contributed by atoms with Gasteiger partial charge >= 0.3 is 0 Å². The molecule has 222 valence electrons. The fourth-order valence-corrected chi connectivity index (χ4v) is 6.99. The van der Waals surface area contributed by atoms with Crippen molar-refractivity contribution in [3.8, 4) is 11.1 Å². The molecule has 0 bridgehead atoms. The third-order valence-corrected chi connectivity index (χ3v) is 9.95. The van der Waals surface area contributed by atoms with E-state index in [-0.39, 0.29) is 34.5 Å². The minimum Gasteiger partial charge on any atom is -0.351 e. The molecule has 0 unspecified atom stereocenters. The molecule has 0 aliphatic heterocycles. The van der Waals surface area contributed by atoms with E-state index in [0.717, 1.165) is 38.5 Å². The fourth-order valence-electron chi connectivity index (χ4n) is 5.62. The second-order valence-electron chi connectivity index (χ2n) is 12.6. The Morgan fingerprint density at radius 1 is 1.15 bits per heavy atom. The van der Waals surface area contributed by atoms with Crippen molar-refractivity contribution in [3.05, 3.63) is 46.6 Å². The molecule has 1 aromatic carbocycles. The summed E-state index contributed by atoms with van der Waals surface area (Å²) in [4.78, 5) is 25.2. The fraction of sp³-hybridized carbons (Fsp3) is 0.567. The summed E-state index contributed by atoms with van der Waals surface area (Å²) >= 11 is 0. The number of fused-ring (bicyclic) bond motifs is 1. The molecule has 2 N–H and O–H groups in total. The lowest BCUT2D eigenvalue weighted by atomic mass is 9.91. The largest absolute Gasteiger partial charge is 0.351 e. The van der Waals surface area contributed by atoms with Crippen molar-refractivity contribution in [1.29, 1.82) is 0 Å². The molecule has 0 spiro atoms. The lowest BCUT2D eigenvalue weighted by Crippen LogP contribution is -2.36. The predicted molar refractivity (Wildman–Crippen MR) is 162 cm³/mol. The van der Waals surface area contributed by atoms with Crippen molar-refractivity contribution in [2.75, 3.05) is 29.9 Å². The smallest absolute Gasteiger partial charge is 0.260 e. The first-order valence-electron chi connectivity index (χ1n) is 14.5. The van der Waals surface area contributed by atoms with Crippen molar-refractivity contribution >= 4 is 32.7 Å². The molecule has 5 rings (SSSR count). The third kappa shape index (κ3) is 6.72. The number of benzene rings is 1. The Labute approximate surface area is 241 Å². The predicted octanol–water partition coefficient (Wildman–Crippen LogP) is 5.40. The van der Waals surface area contributed by atoms with E-state index < -0.39 is 15.8 Å². The van der Waals surface area contributed by atoms with Gasteiger partial charge in [0.2, 0.25) is 16.0 Å². The molecule has 11 heteroatoms. The highest BCUT2D eigenvalue weighted by molar-refractivity contribution is 7.92. The maximum atomic E-state index is 15.1. The average molecular weight is 585 g/mol. The molecule has 0 amide bonds. The highest BCUT2D eigenvalue weighted by Crippen LogP contribution is 2.48. The first-order chi connectivity index (χ1) is 19.3. The maximum Gasteiger partial charge on any atom is 0.260 e. The van der Waals surface area contributed by atoms with Gasteiger partial charge in [-0.2, -0.15) is 4.98 Å². The van der Waals surface area contributed by atoms with Gasteiger partial charge in [-0.25, -0.2) is 17.8 Å². The zero-order valence-corrected chi connectivity index (χ0v) is 25.4. The quantitative estimate of drug-likeness (QED) is 0.329. The summed E-state index contributed by atoms with van der Waals surface area (Å²) < 4.78 is 44.2. The molecular formula is C30H41FN6O3S. The van der Waals surface area contributed by atoms with Gasteiger partial charge in [0.05, 0.1) is 11.4 Å². The van der Waals surface area contributed by atoms with Gasteiger partial charge in [-0.1, -0.05) is 13.0 Å². The second-order valence-corrected chi connectivity index (χ2v) is 14.4. The third-order valence-electron chi connectivity index (χ3n) is 8.67. The summed E-state index contributed by atoms with van der Waals surface area (Å²) in [5, 5.41) is 4.12.